The Bertz CT molecular complexity index is 269. The Morgan fingerprint density at radius 3 is 3.08 bits per heavy atom. The molecule has 0 aliphatic heterocycles. The van der Waals surface area contributed by atoms with E-state index in [0.29, 0.717) is 5.76 Å². The van der Waals surface area contributed by atoms with Crippen LogP contribution in [0.3, 0.4) is 0 Å². The van der Waals surface area contributed by atoms with E-state index >= 15 is 0 Å². The molecule has 1 aromatic rings. The van der Waals surface area contributed by atoms with Crippen molar-refractivity contribution in [3.63, 3.8) is 0 Å². The van der Waals surface area contributed by atoms with Crippen LogP contribution in [0.1, 0.15) is 16.4 Å². The third-order valence-corrected chi connectivity index (χ3v) is 1.21. The maximum absolute atomic E-state index is 11.0. The molecule has 0 aromatic carbocycles. The van der Waals surface area contributed by atoms with Crippen LogP contribution in [0.25, 0.3) is 0 Å². The Morgan fingerprint density at radius 2 is 2.58 bits per heavy atom. The molecule has 0 saturated heterocycles. The zero-order valence-electron chi connectivity index (χ0n) is 6.70. The molecule has 5 nitrogen and oxygen atoms in total. The fourth-order valence-electron chi connectivity index (χ4n) is 0.705. The van der Waals surface area contributed by atoms with E-state index in [9.17, 15) is 4.79 Å². The fraction of sp³-hybridized carbons (Fsp3) is 0.429. The molecule has 2 N–H and O–H groups in total. The highest BCUT2D eigenvalue weighted by Gasteiger charge is 2.09. The largest absolute Gasteiger partial charge is 0.438 e. The first-order valence-corrected chi connectivity index (χ1v) is 3.55. The molecule has 1 amide bonds. The summed E-state index contributed by atoms with van der Waals surface area (Å²) in [6.45, 7) is 1.82. The first-order chi connectivity index (χ1) is 5.74. The SMILES string of the molecule is Cc1cnc(C(=O)NCCO)o1. The van der Waals surface area contributed by atoms with E-state index in [4.69, 9.17) is 9.52 Å². The molecule has 1 rings (SSSR count). The van der Waals surface area contributed by atoms with Crippen molar-refractivity contribution in [2.24, 2.45) is 0 Å². The quantitative estimate of drug-likeness (QED) is 0.653. The Hall–Kier alpha value is -1.36. The molecular weight excluding hydrogens is 160 g/mol. The summed E-state index contributed by atoms with van der Waals surface area (Å²) in [6, 6.07) is 0. The maximum atomic E-state index is 11.0. The van der Waals surface area contributed by atoms with Crippen molar-refractivity contribution < 1.29 is 14.3 Å². The molecule has 1 aromatic heterocycles. The fourth-order valence-corrected chi connectivity index (χ4v) is 0.705. The molecule has 0 fully saturated rings. The second-order valence-corrected chi connectivity index (χ2v) is 2.26. The van der Waals surface area contributed by atoms with Gasteiger partial charge in [-0.15, -0.1) is 0 Å². The van der Waals surface area contributed by atoms with Crippen molar-refractivity contribution in [3.05, 3.63) is 17.8 Å². The molecule has 12 heavy (non-hydrogen) atoms. The number of amides is 1. The van der Waals surface area contributed by atoms with Gasteiger partial charge in [0.25, 0.3) is 5.89 Å². The second-order valence-electron chi connectivity index (χ2n) is 2.26. The lowest BCUT2D eigenvalue weighted by Crippen LogP contribution is -2.26. The minimum absolute atomic E-state index is 0.0287. The number of nitrogens with zero attached hydrogens (tertiary/aromatic N) is 1. The molecule has 0 aliphatic rings. The molecule has 0 unspecified atom stereocenters. The van der Waals surface area contributed by atoms with Crippen LogP contribution in [0.2, 0.25) is 0 Å². The highest BCUT2D eigenvalue weighted by Crippen LogP contribution is 2.00. The Balaban J connectivity index is 2.53. The molecule has 66 valence electrons. The van der Waals surface area contributed by atoms with Gasteiger partial charge in [-0.3, -0.25) is 4.79 Å². The van der Waals surface area contributed by atoms with Crippen LogP contribution < -0.4 is 5.32 Å². The van der Waals surface area contributed by atoms with E-state index in [1.165, 1.54) is 6.20 Å². The lowest BCUT2D eigenvalue weighted by molar-refractivity contribution is 0.0909. The van der Waals surface area contributed by atoms with Gasteiger partial charge in [-0.05, 0) is 6.92 Å². The van der Waals surface area contributed by atoms with E-state index in [0.717, 1.165) is 0 Å². The van der Waals surface area contributed by atoms with Gasteiger partial charge in [-0.2, -0.15) is 0 Å². The average Bonchev–Trinajstić information content (AvgIpc) is 2.47. The first kappa shape index (κ1) is 8.73. The number of carbonyl (C=O) groups excluding carboxylic acids is 1. The molecule has 0 aliphatic carbocycles. The van der Waals surface area contributed by atoms with Gasteiger partial charge < -0.3 is 14.8 Å². The molecule has 0 radical (unpaired) electrons. The highest BCUT2D eigenvalue weighted by molar-refractivity contribution is 5.89. The summed E-state index contributed by atoms with van der Waals surface area (Å²) >= 11 is 0. The average molecular weight is 170 g/mol. The van der Waals surface area contributed by atoms with Crippen LogP contribution in [-0.4, -0.2) is 29.1 Å². The van der Waals surface area contributed by atoms with Crippen molar-refractivity contribution in [2.75, 3.05) is 13.2 Å². The maximum Gasteiger partial charge on any atom is 0.307 e. The van der Waals surface area contributed by atoms with E-state index in [1.807, 2.05) is 0 Å². The van der Waals surface area contributed by atoms with Crippen molar-refractivity contribution in [1.82, 2.24) is 10.3 Å². The number of aliphatic hydroxyl groups is 1. The van der Waals surface area contributed by atoms with Gasteiger partial charge in [0.15, 0.2) is 0 Å². The van der Waals surface area contributed by atoms with E-state index in [-0.39, 0.29) is 19.0 Å². The number of rotatable bonds is 3. The molecule has 0 spiro atoms. The monoisotopic (exact) mass is 170 g/mol. The van der Waals surface area contributed by atoms with Gasteiger partial charge in [-0.25, -0.2) is 4.98 Å². The van der Waals surface area contributed by atoms with Crippen LogP contribution >= 0.6 is 0 Å². The molecule has 0 bridgehead atoms. The van der Waals surface area contributed by atoms with Gasteiger partial charge in [0.05, 0.1) is 12.8 Å². The van der Waals surface area contributed by atoms with E-state index < -0.39 is 5.91 Å². The van der Waals surface area contributed by atoms with E-state index in [1.54, 1.807) is 6.92 Å². The number of nitrogens with one attached hydrogen (secondary N) is 1. The molecule has 1 heterocycles. The summed E-state index contributed by atoms with van der Waals surface area (Å²) in [7, 11) is 0. The third-order valence-electron chi connectivity index (χ3n) is 1.21. The first-order valence-electron chi connectivity index (χ1n) is 3.55. The van der Waals surface area contributed by atoms with E-state index in [2.05, 4.69) is 10.3 Å². The van der Waals surface area contributed by atoms with Crippen molar-refractivity contribution in [3.8, 4) is 0 Å². The lowest BCUT2D eigenvalue weighted by atomic mass is 10.5. The predicted molar refractivity (Wildman–Crippen MR) is 40.7 cm³/mol. The van der Waals surface area contributed by atoms with Gasteiger partial charge in [-0.1, -0.05) is 0 Å². The van der Waals surface area contributed by atoms with Crippen LogP contribution in [0, 0.1) is 6.92 Å². The summed E-state index contributed by atoms with van der Waals surface area (Å²) in [6.07, 6.45) is 1.47. The number of carbonyl (C=O) groups is 1. The predicted octanol–water partition coefficient (Wildman–Crippen LogP) is -0.295. The summed E-state index contributed by atoms with van der Waals surface area (Å²) in [4.78, 5) is 14.7. The van der Waals surface area contributed by atoms with Crippen molar-refractivity contribution >= 4 is 5.91 Å². The van der Waals surface area contributed by atoms with Gasteiger partial charge in [0, 0.05) is 6.54 Å². The van der Waals surface area contributed by atoms with Crippen LogP contribution in [-0.2, 0) is 0 Å². The zero-order valence-corrected chi connectivity index (χ0v) is 6.70. The Kier molecular flexibility index (Phi) is 2.82. The normalized spacial score (nSPS) is 9.83. The number of oxazole rings is 1. The summed E-state index contributed by atoms with van der Waals surface area (Å²) in [5, 5.41) is 10.8. The molecule has 5 heteroatoms. The number of hydrogen-bond donors (Lipinski definition) is 2. The van der Waals surface area contributed by atoms with Crippen LogP contribution in [0.4, 0.5) is 0 Å². The van der Waals surface area contributed by atoms with Gasteiger partial charge in [0.1, 0.15) is 5.76 Å². The number of aliphatic hydroxyl groups excluding tert-OH is 1. The Morgan fingerprint density at radius 1 is 1.83 bits per heavy atom. The zero-order chi connectivity index (χ0) is 8.97. The number of aromatic nitrogens is 1. The topological polar surface area (TPSA) is 75.4 Å². The smallest absolute Gasteiger partial charge is 0.307 e. The van der Waals surface area contributed by atoms with Crippen LogP contribution in [0.5, 0.6) is 0 Å². The lowest BCUT2D eigenvalue weighted by Gasteiger charge is -1.96. The summed E-state index contributed by atoms with van der Waals surface area (Å²) in [5.41, 5.74) is 0. The summed E-state index contributed by atoms with van der Waals surface area (Å²) < 4.78 is 4.94. The second kappa shape index (κ2) is 3.87. The number of hydrogen-bond acceptors (Lipinski definition) is 4. The molecule has 0 atom stereocenters. The molecular formula is C7H10N2O3. The minimum Gasteiger partial charge on any atom is -0.438 e. The van der Waals surface area contributed by atoms with Gasteiger partial charge >= 0.3 is 5.91 Å². The Labute approximate surface area is 69.4 Å². The van der Waals surface area contributed by atoms with Gasteiger partial charge in [0.2, 0.25) is 0 Å². The number of aryl methyl sites for hydroxylation is 1. The third kappa shape index (κ3) is 2.06. The molecule has 0 saturated carbocycles. The standard InChI is InChI=1S/C7H10N2O3/c1-5-4-9-7(12-5)6(11)8-2-3-10/h4,10H,2-3H2,1H3,(H,8,11). The van der Waals surface area contributed by atoms with Crippen molar-refractivity contribution in [2.45, 2.75) is 6.92 Å². The highest BCUT2D eigenvalue weighted by atomic mass is 16.4. The summed E-state index contributed by atoms with van der Waals surface area (Å²) in [5.74, 6) is 0.210. The van der Waals surface area contributed by atoms with Crippen molar-refractivity contribution in [1.29, 1.82) is 0 Å². The minimum atomic E-state index is -0.405. The van der Waals surface area contributed by atoms with Crippen LogP contribution in [0.15, 0.2) is 10.6 Å².